The number of ketones is 1. The third-order valence-corrected chi connectivity index (χ3v) is 0.840. The van der Waals surface area contributed by atoms with E-state index < -0.39 is 0 Å². The Bertz CT molecular complexity index is 91.1. The van der Waals surface area contributed by atoms with Gasteiger partial charge >= 0.3 is 0 Å². The Kier molecular flexibility index (Phi) is 10.2. The van der Waals surface area contributed by atoms with E-state index in [9.17, 15) is 9.59 Å². The second kappa shape index (κ2) is 7.86. The number of Topliss-reactive ketones (excluding diaryl/α,β-unsaturated/α-hetero) is 1. The summed E-state index contributed by atoms with van der Waals surface area (Å²) in [5.41, 5.74) is 0. The van der Waals surface area contributed by atoms with Crippen LogP contribution in [-0.4, -0.2) is 12.1 Å². The predicted molar refractivity (Wildman–Crippen MR) is 30.6 cm³/mol. The average Bonchev–Trinajstić information content (AvgIpc) is 1.68. The van der Waals surface area contributed by atoms with Gasteiger partial charge in [0.2, 0.25) is 0 Å². The third kappa shape index (κ3) is 7.86. The molecule has 0 aliphatic rings. The summed E-state index contributed by atoms with van der Waals surface area (Å²) in [4.78, 5) is 20.1. The van der Waals surface area contributed by atoms with E-state index in [4.69, 9.17) is 0 Å². The Morgan fingerprint density at radius 2 is 2.11 bits per heavy atom. The fourth-order valence-corrected chi connectivity index (χ4v) is 0.474. The molecule has 0 aromatic carbocycles. The van der Waals surface area contributed by atoms with Gasteiger partial charge in [0.15, 0.2) is 0 Å². The number of carbonyl (C=O) groups excluding carboxylic acids is 2. The molecule has 0 aromatic heterocycles. The molecule has 0 aromatic rings. The standard InChI is InChI=1S/C6H10O2.Cu/c1-2-3-6(8)4-5-7;/h5H,2-4H2,1H3;. The van der Waals surface area contributed by atoms with Crippen molar-refractivity contribution in [3.05, 3.63) is 0 Å². The minimum Gasteiger partial charge on any atom is -0.303 e. The largest absolute Gasteiger partial charge is 0.303 e. The molecule has 3 heteroatoms. The van der Waals surface area contributed by atoms with E-state index in [2.05, 4.69) is 0 Å². The van der Waals surface area contributed by atoms with E-state index in [0.29, 0.717) is 12.7 Å². The number of carbonyl (C=O) groups is 2. The zero-order valence-corrected chi connectivity index (χ0v) is 6.26. The van der Waals surface area contributed by atoms with Gasteiger partial charge in [0.1, 0.15) is 12.1 Å². The van der Waals surface area contributed by atoms with Gasteiger partial charge in [-0.2, -0.15) is 0 Å². The number of rotatable bonds is 4. The van der Waals surface area contributed by atoms with Crippen molar-refractivity contribution in [2.45, 2.75) is 26.2 Å². The van der Waals surface area contributed by atoms with Crippen LogP contribution in [-0.2, 0) is 26.7 Å². The van der Waals surface area contributed by atoms with Crippen LogP contribution in [0.2, 0.25) is 0 Å². The maximum atomic E-state index is 10.4. The van der Waals surface area contributed by atoms with Crippen molar-refractivity contribution in [3.8, 4) is 0 Å². The van der Waals surface area contributed by atoms with Crippen molar-refractivity contribution in [2.24, 2.45) is 0 Å². The van der Waals surface area contributed by atoms with Crippen LogP contribution in [0.4, 0.5) is 0 Å². The zero-order chi connectivity index (χ0) is 6.41. The van der Waals surface area contributed by atoms with E-state index in [1.807, 2.05) is 6.92 Å². The number of aldehydes is 1. The topological polar surface area (TPSA) is 34.1 Å². The van der Waals surface area contributed by atoms with Crippen LogP contribution in [0.25, 0.3) is 0 Å². The smallest absolute Gasteiger partial charge is 0.139 e. The molecule has 0 unspecified atom stereocenters. The Labute approximate surface area is 65.5 Å². The minimum atomic E-state index is 0. The first-order chi connectivity index (χ1) is 3.81. The average molecular weight is 178 g/mol. The van der Waals surface area contributed by atoms with E-state index in [0.717, 1.165) is 6.42 Å². The van der Waals surface area contributed by atoms with Crippen molar-refractivity contribution in [1.82, 2.24) is 0 Å². The Morgan fingerprint density at radius 3 is 2.44 bits per heavy atom. The summed E-state index contributed by atoms with van der Waals surface area (Å²) in [6.07, 6.45) is 2.12. The van der Waals surface area contributed by atoms with Gasteiger partial charge in [-0.3, -0.25) is 4.79 Å². The van der Waals surface area contributed by atoms with Crippen LogP contribution >= 0.6 is 0 Å². The van der Waals surface area contributed by atoms with E-state index in [1.54, 1.807) is 0 Å². The summed E-state index contributed by atoms with van der Waals surface area (Å²) in [7, 11) is 0. The van der Waals surface area contributed by atoms with E-state index in [1.165, 1.54) is 0 Å². The molecule has 0 aliphatic carbocycles. The van der Waals surface area contributed by atoms with Crippen molar-refractivity contribution >= 4 is 12.1 Å². The first kappa shape index (κ1) is 11.6. The summed E-state index contributed by atoms with van der Waals surface area (Å²) in [6, 6.07) is 0. The van der Waals surface area contributed by atoms with E-state index in [-0.39, 0.29) is 29.3 Å². The van der Waals surface area contributed by atoms with Crippen LogP contribution < -0.4 is 0 Å². The normalized spacial score (nSPS) is 7.67. The quantitative estimate of drug-likeness (QED) is 0.364. The molecule has 0 N–H and O–H groups in total. The van der Waals surface area contributed by atoms with Gasteiger partial charge < -0.3 is 4.79 Å². The maximum absolute atomic E-state index is 10.4. The summed E-state index contributed by atoms with van der Waals surface area (Å²) in [6.45, 7) is 1.92. The molecule has 0 fully saturated rings. The first-order valence-corrected chi connectivity index (χ1v) is 2.76. The third-order valence-electron chi connectivity index (χ3n) is 0.840. The molecule has 0 saturated carbocycles. The number of hydrogen-bond acceptors (Lipinski definition) is 2. The van der Waals surface area contributed by atoms with Crippen LogP contribution in [0.15, 0.2) is 0 Å². The van der Waals surface area contributed by atoms with Gasteiger partial charge in [-0.15, -0.1) is 0 Å². The van der Waals surface area contributed by atoms with Crippen molar-refractivity contribution in [3.63, 3.8) is 0 Å². The monoisotopic (exact) mass is 177 g/mol. The fourth-order valence-electron chi connectivity index (χ4n) is 0.474. The summed E-state index contributed by atoms with van der Waals surface area (Å²) >= 11 is 0. The molecule has 57 valence electrons. The molecular weight excluding hydrogens is 168 g/mol. The van der Waals surface area contributed by atoms with Gasteiger partial charge in [0.05, 0.1) is 6.42 Å². The molecule has 0 saturated heterocycles. The van der Waals surface area contributed by atoms with Crippen molar-refractivity contribution in [2.75, 3.05) is 0 Å². The predicted octanol–water partition coefficient (Wildman–Crippen LogP) is 0.942. The molecule has 1 radical (unpaired) electrons. The minimum absolute atomic E-state index is 0. The van der Waals surface area contributed by atoms with Gasteiger partial charge in [-0.25, -0.2) is 0 Å². The summed E-state index contributed by atoms with van der Waals surface area (Å²) in [5.74, 6) is 0.0440. The molecular formula is C6H10CuO2. The molecule has 9 heavy (non-hydrogen) atoms. The Balaban J connectivity index is 0. The molecule has 0 heterocycles. The molecule has 0 spiro atoms. The van der Waals surface area contributed by atoms with Crippen LogP contribution in [0.1, 0.15) is 26.2 Å². The zero-order valence-electron chi connectivity index (χ0n) is 5.32. The summed E-state index contributed by atoms with van der Waals surface area (Å²) in [5, 5.41) is 0. The van der Waals surface area contributed by atoms with Crippen LogP contribution in [0.5, 0.6) is 0 Å². The summed E-state index contributed by atoms with van der Waals surface area (Å²) < 4.78 is 0. The SMILES string of the molecule is CCCC(=O)CC=O.[Cu]. The second-order valence-electron chi connectivity index (χ2n) is 1.66. The molecule has 2 nitrogen and oxygen atoms in total. The van der Waals surface area contributed by atoms with Crippen LogP contribution in [0, 0.1) is 0 Å². The molecule has 0 rings (SSSR count). The van der Waals surface area contributed by atoms with E-state index >= 15 is 0 Å². The van der Waals surface area contributed by atoms with Gasteiger partial charge in [0, 0.05) is 23.5 Å². The molecule has 0 amide bonds. The molecule has 0 bridgehead atoms. The number of hydrogen-bond donors (Lipinski definition) is 0. The first-order valence-electron chi connectivity index (χ1n) is 2.76. The fraction of sp³-hybridized carbons (Fsp3) is 0.667. The van der Waals surface area contributed by atoms with Gasteiger partial charge in [-0.05, 0) is 6.42 Å². The van der Waals surface area contributed by atoms with Crippen LogP contribution in [0.3, 0.4) is 0 Å². The maximum Gasteiger partial charge on any atom is 0.139 e. The van der Waals surface area contributed by atoms with Gasteiger partial charge in [0.25, 0.3) is 0 Å². The second-order valence-corrected chi connectivity index (χ2v) is 1.66. The Hall–Kier alpha value is -0.141. The Morgan fingerprint density at radius 1 is 1.56 bits per heavy atom. The molecule has 0 atom stereocenters. The van der Waals surface area contributed by atoms with Crippen molar-refractivity contribution in [1.29, 1.82) is 0 Å². The molecule has 0 aliphatic heterocycles. The van der Waals surface area contributed by atoms with Gasteiger partial charge in [-0.1, -0.05) is 6.92 Å². The van der Waals surface area contributed by atoms with Crippen molar-refractivity contribution < 1.29 is 26.7 Å².